The molecule has 0 bridgehead atoms. The highest BCUT2D eigenvalue weighted by atomic mass is 16.8. The molecule has 2 aliphatic rings. The molecular formula is C30H46O11. The van der Waals surface area contributed by atoms with E-state index in [1.807, 2.05) is 0 Å². The van der Waals surface area contributed by atoms with Crippen LogP contribution in [0.4, 0.5) is 0 Å². The molecule has 2 aliphatic heterocycles. The molecule has 0 aliphatic carbocycles. The van der Waals surface area contributed by atoms with Crippen LogP contribution in [0.5, 0.6) is 0 Å². The first kappa shape index (κ1) is 35.2. The van der Waals surface area contributed by atoms with E-state index in [-0.39, 0.29) is 59.5 Å². The van der Waals surface area contributed by atoms with Gasteiger partial charge in [0.2, 0.25) is 5.79 Å². The summed E-state index contributed by atoms with van der Waals surface area (Å²) in [5, 5.41) is 22.7. The van der Waals surface area contributed by atoms with Gasteiger partial charge in [0.1, 0.15) is 49.3 Å². The van der Waals surface area contributed by atoms with E-state index in [2.05, 4.69) is 39.5 Å². The van der Waals surface area contributed by atoms with Crippen molar-refractivity contribution in [1.82, 2.24) is 0 Å². The van der Waals surface area contributed by atoms with Gasteiger partial charge in [0.25, 0.3) is 0 Å². The molecule has 0 spiro atoms. The van der Waals surface area contributed by atoms with Crippen LogP contribution in [0.1, 0.15) is 0 Å². The lowest BCUT2D eigenvalue weighted by Gasteiger charge is -2.46. The fraction of sp³-hybridized carbons (Fsp3) is 0.600. The highest BCUT2D eigenvalue weighted by Crippen LogP contribution is 2.39. The number of aliphatic hydroxyl groups excluding tert-OH is 2. The van der Waals surface area contributed by atoms with Crippen molar-refractivity contribution in [1.29, 1.82) is 0 Å². The molecule has 0 aromatic heterocycles. The summed E-state index contributed by atoms with van der Waals surface area (Å²) in [7, 11) is 0. The van der Waals surface area contributed by atoms with Gasteiger partial charge in [-0.3, -0.25) is 0 Å². The predicted molar refractivity (Wildman–Crippen MR) is 152 cm³/mol. The van der Waals surface area contributed by atoms with Crippen molar-refractivity contribution in [2.45, 2.75) is 54.8 Å². The van der Waals surface area contributed by atoms with Crippen LogP contribution in [-0.4, -0.2) is 124 Å². The maximum Gasteiger partial charge on any atom is 0.224 e. The molecule has 2 heterocycles. The van der Waals surface area contributed by atoms with Crippen molar-refractivity contribution < 1.29 is 52.8 Å². The molecule has 2 fully saturated rings. The second-order valence-electron chi connectivity index (χ2n) is 9.28. The smallest absolute Gasteiger partial charge is 0.224 e. The Labute approximate surface area is 243 Å². The largest absolute Gasteiger partial charge is 0.387 e. The lowest BCUT2D eigenvalue weighted by atomic mass is 9.98. The maximum atomic E-state index is 11.5. The Hall–Kier alpha value is -2.00. The third kappa shape index (κ3) is 10.1. The zero-order valence-electron chi connectivity index (χ0n) is 23.8. The van der Waals surface area contributed by atoms with E-state index in [0.29, 0.717) is 0 Å². The van der Waals surface area contributed by atoms with Gasteiger partial charge < -0.3 is 52.8 Å². The molecule has 0 radical (unpaired) electrons. The lowest BCUT2D eigenvalue weighted by Crippen LogP contribution is -2.64. The first-order valence-corrected chi connectivity index (χ1v) is 13.5. The molecule has 2 saturated heterocycles. The average Bonchev–Trinajstić information content (AvgIpc) is 3.22. The summed E-state index contributed by atoms with van der Waals surface area (Å²) < 4.78 is 53.7. The summed E-state index contributed by atoms with van der Waals surface area (Å²) in [6.45, 7) is 23.0. The van der Waals surface area contributed by atoms with Crippen molar-refractivity contribution >= 4 is 0 Å². The fourth-order valence-electron chi connectivity index (χ4n) is 4.52. The zero-order chi connectivity index (χ0) is 30.1. The molecule has 0 saturated carbocycles. The van der Waals surface area contributed by atoms with E-state index in [9.17, 15) is 10.2 Å². The van der Waals surface area contributed by atoms with Crippen LogP contribution >= 0.6 is 0 Å². The van der Waals surface area contributed by atoms with Crippen LogP contribution in [0.15, 0.2) is 75.9 Å². The van der Waals surface area contributed by atoms with Gasteiger partial charge in [-0.1, -0.05) is 36.5 Å². The summed E-state index contributed by atoms with van der Waals surface area (Å²) in [4.78, 5) is 0. The quantitative estimate of drug-likeness (QED) is 0.136. The van der Waals surface area contributed by atoms with E-state index in [1.54, 1.807) is 30.4 Å². The lowest BCUT2D eigenvalue weighted by molar-refractivity contribution is -0.390. The first-order chi connectivity index (χ1) is 19.9. The number of hydrogen-bond donors (Lipinski definition) is 2. The predicted octanol–water partition coefficient (Wildman–Crippen LogP) is 1.87. The minimum atomic E-state index is -1.73. The van der Waals surface area contributed by atoms with Crippen molar-refractivity contribution in [3.8, 4) is 0 Å². The molecule has 2 rings (SSSR count). The molecule has 9 atom stereocenters. The summed E-state index contributed by atoms with van der Waals surface area (Å²) in [5.41, 5.74) is 0. The molecule has 0 amide bonds. The normalized spacial score (nSPS) is 33.2. The van der Waals surface area contributed by atoms with Gasteiger partial charge in [-0.05, 0) is 0 Å². The monoisotopic (exact) mass is 582 g/mol. The van der Waals surface area contributed by atoms with Gasteiger partial charge in [0, 0.05) is 0 Å². The SMILES string of the molecule is C=CCOC[C@H]1O[C@@](COCC=C)(O[C@H]2O[C@H](COCC=C)[C@@H](OCC=C)[C@H](OCC=C)[C@H]2O)[C@@H](OCC=C)[C@@H]1O. The van der Waals surface area contributed by atoms with Crippen LogP contribution in [0.2, 0.25) is 0 Å². The van der Waals surface area contributed by atoms with Crippen molar-refractivity contribution in [3.05, 3.63) is 75.9 Å². The summed E-state index contributed by atoms with van der Waals surface area (Å²) in [5.74, 6) is -1.73. The van der Waals surface area contributed by atoms with Gasteiger partial charge in [0.05, 0.1) is 52.9 Å². The van der Waals surface area contributed by atoms with E-state index in [0.717, 1.165) is 0 Å². The van der Waals surface area contributed by atoms with Crippen LogP contribution in [-0.2, 0) is 42.6 Å². The van der Waals surface area contributed by atoms with Crippen LogP contribution in [0, 0.1) is 0 Å². The molecule has 11 heteroatoms. The van der Waals surface area contributed by atoms with Gasteiger partial charge in [-0.15, -0.1) is 39.5 Å². The van der Waals surface area contributed by atoms with Crippen molar-refractivity contribution in [3.63, 3.8) is 0 Å². The Kier molecular flexibility index (Phi) is 16.5. The van der Waals surface area contributed by atoms with E-state index in [4.69, 9.17) is 42.6 Å². The highest BCUT2D eigenvalue weighted by molar-refractivity contribution is 5.01. The highest BCUT2D eigenvalue weighted by Gasteiger charge is 2.60. The second-order valence-corrected chi connectivity index (χ2v) is 9.28. The number of aliphatic hydroxyl groups is 2. The first-order valence-electron chi connectivity index (χ1n) is 13.5. The molecule has 0 aromatic rings. The van der Waals surface area contributed by atoms with Crippen molar-refractivity contribution in [2.24, 2.45) is 0 Å². The Balaban J connectivity index is 2.45. The molecule has 0 unspecified atom stereocenters. The minimum Gasteiger partial charge on any atom is -0.387 e. The average molecular weight is 583 g/mol. The summed E-state index contributed by atoms with van der Waals surface area (Å²) in [6, 6.07) is 0. The van der Waals surface area contributed by atoms with Gasteiger partial charge in [0.15, 0.2) is 6.29 Å². The number of hydrogen-bond acceptors (Lipinski definition) is 11. The molecule has 11 nitrogen and oxygen atoms in total. The molecular weight excluding hydrogens is 536 g/mol. The van der Waals surface area contributed by atoms with Gasteiger partial charge in [-0.25, -0.2) is 0 Å². The Bertz CT molecular complexity index is 820. The molecule has 232 valence electrons. The van der Waals surface area contributed by atoms with Crippen LogP contribution in [0.25, 0.3) is 0 Å². The molecule has 41 heavy (non-hydrogen) atoms. The van der Waals surface area contributed by atoms with E-state index in [1.165, 1.54) is 6.08 Å². The van der Waals surface area contributed by atoms with Crippen LogP contribution in [0.3, 0.4) is 0 Å². The standard InChI is InChI=1S/C30H46O11/c1-7-13-33-19-22-24(31)28(38-18-12-6)30(40-22,21-35-15-9-3)41-29-25(32)27(37-17-11-5)26(36-16-10-4)23(39-29)20-34-14-8-2/h7-12,22-29,31-32H,1-6,13-21H2/t22-,23-,24-,25-,26-,27-,28+,29-,30+/m1/s1. The number of ether oxygens (including phenoxy) is 9. The van der Waals surface area contributed by atoms with Gasteiger partial charge in [-0.2, -0.15) is 0 Å². The number of rotatable bonds is 23. The minimum absolute atomic E-state index is 0.0162. The summed E-state index contributed by atoms with van der Waals surface area (Å²) in [6.07, 6.45) is 1.18. The Morgan fingerprint density at radius 2 is 1.12 bits per heavy atom. The summed E-state index contributed by atoms with van der Waals surface area (Å²) >= 11 is 0. The van der Waals surface area contributed by atoms with Gasteiger partial charge >= 0.3 is 0 Å². The van der Waals surface area contributed by atoms with Crippen LogP contribution < -0.4 is 0 Å². The third-order valence-electron chi connectivity index (χ3n) is 6.19. The zero-order valence-corrected chi connectivity index (χ0v) is 23.8. The maximum absolute atomic E-state index is 11.5. The fourth-order valence-corrected chi connectivity index (χ4v) is 4.52. The topological polar surface area (TPSA) is 124 Å². The van der Waals surface area contributed by atoms with Crippen molar-refractivity contribution in [2.75, 3.05) is 59.5 Å². The Morgan fingerprint density at radius 3 is 1.71 bits per heavy atom. The molecule has 0 aromatic carbocycles. The van der Waals surface area contributed by atoms with E-state index >= 15 is 0 Å². The second kappa shape index (κ2) is 19.2. The third-order valence-corrected chi connectivity index (χ3v) is 6.19. The molecule has 2 N–H and O–H groups in total. The van der Waals surface area contributed by atoms with E-state index < -0.39 is 54.8 Å². The Morgan fingerprint density at radius 1 is 0.610 bits per heavy atom.